The Bertz CT molecular complexity index is 396. The molecule has 9 nitrogen and oxygen atoms in total. The van der Waals surface area contributed by atoms with Gasteiger partial charge in [0.2, 0.25) is 0 Å². The predicted molar refractivity (Wildman–Crippen MR) is 44.7 cm³/mol. The summed E-state index contributed by atoms with van der Waals surface area (Å²) in [6.45, 7) is 0. The Morgan fingerprint density at radius 2 is 1.29 bits per heavy atom. The zero-order valence-corrected chi connectivity index (χ0v) is 9.63. The van der Waals surface area contributed by atoms with E-state index in [4.69, 9.17) is 0 Å². The Hall–Kier alpha value is -0.0300. The molecule has 0 saturated carbocycles. The number of nitrogens with two attached hydrogens (primary N) is 1. The van der Waals surface area contributed by atoms with Gasteiger partial charge < -0.3 is 0 Å². The van der Waals surface area contributed by atoms with Crippen LogP contribution >= 0.6 is 7.82 Å². The third-order valence-corrected chi connectivity index (χ3v) is 4.47. The Kier molecular flexibility index (Phi) is 4.22. The first-order valence-electron chi connectivity index (χ1n) is 2.78. The fourth-order valence-corrected chi connectivity index (χ4v) is 3.64. The van der Waals surface area contributed by atoms with Crippen LogP contribution < -0.4 is 5.90 Å². The molecule has 0 aliphatic heterocycles. The maximum absolute atomic E-state index is 11.1. The maximum Gasteiger partial charge on any atom is 0.520 e. The molecule has 0 saturated heterocycles. The zero-order chi connectivity index (χ0) is 11.6. The van der Waals surface area contributed by atoms with Crippen molar-refractivity contribution in [3.63, 3.8) is 0 Å². The molecule has 0 rings (SSSR count). The molecule has 14 heavy (non-hydrogen) atoms. The van der Waals surface area contributed by atoms with Crippen LogP contribution in [0.15, 0.2) is 0 Å². The summed E-state index contributed by atoms with van der Waals surface area (Å²) >= 11 is 0. The largest absolute Gasteiger partial charge is 0.520 e. The molecule has 0 fully saturated rings. The summed E-state index contributed by atoms with van der Waals surface area (Å²) in [5.74, 6) is 4.38. The molecule has 0 aromatic carbocycles. The Morgan fingerprint density at radius 1 is 1.00 bits per heavy atom. The lowest BCUT2D eigenvalue weighted by Gasteiger charge is -2.10. The molecule has 0 bridgehead atoms. The van der Waals surface area contributed by atoms with Gasteiger partial charge in [0.1, 0.15) is 0 Å². The summed E-state index contributed by atoms with van der Waals surface area (Å²) in [7, 11) is -13.3. The topological polar surface area (TPSA) is 139 Å². The van der Waals surface area contributed by atoms with E-state index in [9.17, 15) is 21.4 Å². The summed E-state index contributed by atoms with van der Waals surface area (Å²) in [5, 5.41) is 0. The number of hydrogen-bond donors (Lipinski definition) is 1. The van der Waals surface area contributed by atoms with Crippen molar-refractivity contribution in [1.29, 1.82) is 0 Å². The monoisotopic (exact) mass is 269 g/mol. The molecule has 0 radical (unpaired) electrons. The summed E-state index contributed by atoms with van der Waals surface area (Å²) in [5.41, 5.74) is 0. The fraction of sp³-hybridized carbons (Fsp3) is 1.00. The Balaban J connectivity index is 4.95. The van der Waals surface area contributed by atoms with Crippen molar-refractivity contribution in [2.24, 2.45) is 5.90 Å². The highest BCUT2D eigenvalue weighted by Crippen LogP contribution is 2.50. The molecule has 0 heterocycles. The fourth-order valence-electron chi connectivity index (χ4n) is 0.379. The molecular formula is C2H8NO8PS2. The quantitative estimate of drug-likeness (QED) is 0.488. The highest BCUT2D eigenvalue weighted by Gasteiger charge is 2.35. The second kappa shape index (κ2) is 4.23. The second-order valence-corrected chi connectivity index (χ2v) is 7.22. The first kappa shape index (κ1) is 14.0. The van der Waals surface area contributed by atoms with Crippen LogP contribution in [0.1, 0.15) is 0 Å². The lowest BCUT2D eigenvalue weighted by molar-refractivity contribution is 0.219. The SMILES string of the molecule is CS(=O)(=O)OP(=O)(ON)OS(C)(=O)=O. The molecule has 0 atom stereocenters. The van der Waals surface area contributed by atoms with E-state index in [1.807, 2.05) is 0 Å². The van der Waals surface area contributed by atoms with Crippen molar-refractivity contribution < 1.29 is 34.0 Å². The molecule has 2 N–H and O–H groups in total. The van der Waals surface area contributed by atoms with Crippen molar-refractivity contribution >= 4 is 28.1 Å². The first-order valence-corrected chi connectivity index (χ1v) is 7.88. The normalized spacial score (nSPS) is 14.2. The molecular weight excluding hydrogens is 261 g/mol. The minimum absolute atomic E-state index is 0.518. The van der Waals surface area contributed by atoms with Crippen LogP contribution in [0.4, 0.5) is 0 Å². The minimum Gasteiger partial charge on any atom is -0.224 e. The van der Waals surface area contributed by atoms with Gasteiger partial charge in [-0.2, -0.15) is 29.4 Å². The van der Waals surface area contributed by atoms with Gasteiger partial charge in [-0.05, 0) is 0 Å². The van der Waals surface area contributed by atoms with Gasteiger partial charge in [-0.3, -0.25) is 0 Å². The van der Waals surface area contributed by atoms with Gasteiger partial charge in [0.25, 0.3) is 20.2 Å². The summed E-state index contributed by atoms with van der Waals surface area (Å²) in [6.07, 6.45) is 1.04. The van der Waals surface area contributed by atoms with Gasteiger partial charge in [-0.15, -0.1) is 0 Å². The van der Waals surface area contributed by atoms with Crippen molar-refractivity contribution in [3.05, 3.63) is 0 Å². The van der Waals surface area contributed by atoms with Crippen molar-refractivity contribution in [3.8, 4) is 0 Å². The van der Waals surface area contributed by atoms with Crippen LogP contribution in [-0.4, -0.2) is 29.3 Å². The Labute approximate surface area is 81.0 Å². The third kappa shape index (κ3) is 6.43. The van der Waals surface area contributed by atoms with Crippen LogP contribution in [0, 0.1) is 0 Å². The van der Waals surface area contributed by atoms with Gasteiger partial charge in [-0.1, -0.05) is 0 Å². The average Bonchev–Trinajstić information content (AvgIpc) is 1.78. The molecule has 86 valence electrons. The molecule has 0 aliphatic rings. The standard InChI is InChI=1S/C2H8NO8PS2/c1-13(5,6)10-12(4,9-3)11-14(2,7)8/h3H2,1-2H3. The predicted octanol–water partition coefficient (Wildman–Crippen LogP) is -1.06. The number of phosphoric acid groups is 1. The molecule has 0 aromatic heterocycles. The molecule has 0 aliphatic carbocycles. The van der Waals surface area contributed by atoms with Crippen LogP contribution in [-0.2, 0) is 37.4 Å². The summed E-state index contributed by atoms with van der Waals surface area (Å²) in [6, 6.07) is 0. The highest BCUT2D eigenvalue weighted by molar-refractivity contribution is 7.93. The van der Waals surface area contributed by atoms with E-state index in [0.29, 0.717) is 12.5 Å². The smallest absolute Gasteiger partial charge is 0.224 e. The van der Waals surface area contributed by atoms with E-state index in [-0.39, 0.29) is 0 Å². The zero-order valence-electron chi connectivity index (χ0n) is 7.11. The summed E-state index contributed by atoms with van der Waals surface area (Å²) < 4.78 is 64.0. The lowest BCUT2D eigenvalue weighted by Crippen LogP contribution is -2.12. The van der Waals surface area contributed by atoms with Gasteiger partial charge >= 0.3 is 7.82 Å². The minimum atomic E-state index is -4.84. The highest BCUT2D eigenvalue weighted by atomic mass is 32.2. The van der Waals surface area contributed by atoms with Crippen molar-refractivity contribution in [1.82, 2.24) is 0 Å². The van der Waals surface area contributed by atoms with E-state index in [2.05, 4.69) is 18.5 Å². The van der Waals surface area contributed by atoms with Crippen molar-refractivity contribution in [2.75, 3.05) is 12.5 Å². The first-order chi connectivity index (χ1) is 5.97. The second-order valence-electron chi connectivity index (χ2n) is 2.11. The van der Waals surface area contributed by atoms with Gasteiger partial charge in [0, 0.05) is 0 Å². The van der Waals surface area contributed by atoms with Gasteiger partial charge in [0.05, 0.1) is 12.5 Å². The molecule has 0 amide bonds. The van der Waals surface area contributed by atoms with Crippen molar-refractivity contribution in [2.45, 2.75) is 0 Å². The van der Waals surface area contributed by atoms with E-state index in [0.717, 1.165) is 0 Å². The van der Waals surface area contributed by atoms with Crippen LogP contribution in [0.2, 0.25) is 0 Å². The molecule has 0 unspecified atom stereocenters. The molecule has 12 heteroatoms. The average molecular weight is 269 g/mol. The van der Waals surface area contributed by atoms with E-state index < -0.39 is 28.1 Å². The lowest BCUT2D eigenvalue weighted by atomic mass is 12.0. The number of rotatable bonds is 5. The van der Waals surface area contributed by atoms with E-state index in [1.54, 1.807) is 0 Å². The molecule has 0 spiro atoms. The molecule has 0 aromatic rings. The van der Waals surface area contributed by atoms with E-state index in [1.165, 1.54) is 0 Å². The number of hydrogen-bond acceptors (Lipinski definition) is 9. The summed E-state index contributed by atoms with van der Waals surface area (Å²) in [4.78, 5) is 0. The third-order valence-electron chi connectivity index (χ3n) is 0.582. The van der Waals surface area contributed by atoms with Gasteiger partial charge in [0.15, 0.2) is 0 Å². The van der Waals surface area contributed by atoms with Gasteiger partial charge in [-0.25, -0.2) is 10.5 Å². The Morgan fingerprint density at radius 3 is 1.43 bits per heavy atom. The van der Waals surface area contributed by atoms with Crippen LogP contribution in [0.25, 0.3) is 0 Å². The van der Waals surface area contributed by atoms with E-state index >= 15 is 0 Å². The van der Waals surface area contributed by atoms with Crippen LogP contribution in [0.5, 0.6) is 0 Å². The van der Waals surface area contributed by atoms with Crippen LogP contribution in [0.3, 0.4) is 0 Å². The maximum atomic E-state index is 11.1.